The highest BCUT2D eigenvalue weighted by atomic mass is 79.9. The van der Waals surface area contributed by atoms with Gasteiger partial charge in [0, 0.05) is 26.5 Å². The first-order chi connectivity index (χ1) is 18.0. The van der Waals surface area contributed by atoms with Crippen LogP contribution in [0.2, 0.25) is 0 Å². The summed E-state index contributed by atoms with van der Waals surface area (Å²) in [5.74, 6) is -0.579. The first-order valence-electron chi connectivity index (χ1n) is 11.7. The zero-order valence-corrected chi connectivity index (χ0v) is 22.5. The van der Waals surface area contributed by atoms with E-state index in [1.165, 1.54) is 4.57 Å². The Morgan fingerprint density at radius 2 is 1.70 bits per heavy atom. The van der Waals surface area contributed by atoms with E-state index in [-0.39, 0.29) is 24.4 Å². The number of halogens is 1. The number of carbonyl (C=O) groups is 1. The molecule has 5 rings (SSSR count). The van der Waals surface area contributed by atoms with Crippen LogP contribution in [0.25, 0.3) is 21.9 Å². The third-order valence-corrected chi connectivity index (χ3v) is 7.30. The molecule has 0 aliphatic heterocycles. The molecule has 0 saturated carbocycles. The molecular weight excluding hydrogens is 548 g/mol. The number of esters is 1. The van der Waals surface area contributed by atoms with Crippen LogP contribution in [0.5, 0.6) is 0 Å². The summed E-state index contributed by atoms with van der Waals surface area (Å²) in [4.78, 5) is 33.0. The third kappa shape index (κ3) is 5.38. The molecule has 37 heavy (non-hydrogen) atoms. The van der Waals surface area contributed by atoms with Crippen molar-refractivity contribution in [3.8, 4) is 11.1 Å². The molecule has 7 heteroatoms. The molecule has 184 valence electrons. The van der Waals surface area contributed by atoms with Gasteiger partial charge in [-0.2, -0.15) is 0 Å². The fourth-order valence-electron chi connectivity index (χ4n) is 4.28. The second kappa shape index (κ2) is 11.2. The van der Waals surface area contributed by atoms with Gasteiger partial charge in [-0.15, -0.1) is 11.8 Å². The number of fused-ring (bicyclic) bond motifs is 1. The number of thioether (sulfide) groups is 1. The summed E-state index contributed by atoms with van der Waals surface area (Å²) in [5, 5.41) is 1.22. The number of hydrogen-bond donors (Lipinski definition) is 0. The third-order valence-electron chi connectivity index (χ3n) is 6.07. The van der Waals surface area contributed by atoms with Crippen molar-refractivity contribution in [1.29, 1.82) is 0 Å². The van der Waals surface area contributed by atoms with E-state index in [1.54, 1.807) is 36.2 Å². The van der Waals surface area contributed by atoms with E-state index in [9.17, 15) is 9.59 Å². The Hall–Kier alpha value is -3.68. The number of hydrogen-bond acceptors (Lipinski definition) is 5. The normalized spacial score (nSPS) is 11.0. The van der Waals surface area contributed by atoms with Gasteiger partial charge in [-0.05, 0) is 65.2 Å². The van der Waals surface area contributed by atoms with Crippen molar-refractivity contribution < 1.29 is 9.53 Å². The Morgan fingerprint density at radius 1 is 0.946 bits per heavy atom. The maximum atomic E-state index is 13.9. The van der Waals surface area contributed by atoms with Gasteiger partial charge < -0.3 is 4.74 Å². The number of aromatic nitrogens is 2. The molecule has 0 saturated heterocycles. The number of ether oxygens (including phenoxy) is 1. The molecule has 0 fully saturated rings. The Balaban J connectivity index is 1.73. The highest BCUT2D eigenvalue weighted by Gasteiger charge is 2.25. The summed E-state index contributed by atoms with van der Waals surface area (Å²) in [6, 6.07) is 28.6. The van der Waals surface area contributed by atoms with Crippen LogP contribution in [0, 0.1) is 0 Å². The van der Waals surface area contributed by atoms with Crippen molar-refractivity contribution in [1.82, 2.24) is 9.55 Å². The Morgan fingerprint density at radius 3 is 2.41 bits per heavy atom. The van der Waals surface area contributed by atoms with Gasteiger partial charge in [0.2, 0.25) is 0 Å². The van der Waals surface area contributed by atoms with Crippen LogP contribution in [0.15, 0.2) is 111 Å². The minimum atomic E-state index is -0.579. The Bertz CT molecular complexity index is 1620. The largest absolute Gasteiger partial charge is 0.454 e. The van der Waals surface area contributed by atoms with Crippen molar-refractivity contribution in [3.05, 3.63) is 129 Å². The number of pyridine rings is 2. The average molecular weight is 571 g/mol. The monoisotopic (exact) mass is 570 g/mol. The topological polar surface area (TPSA) is 61.2 Å². The quantitative estimate of drug-likeness (QED) is 0.156. The maximum Gasteiger partial charge on any atom is 0.356 e. The molecule has 0 aliphatic rings. The lowest BCUT2D eigenvalue weighted by Crippen LogP contribution is -2.29. The minimum absolute atomic E-state index is 0.00103. The predicted octanol–water partition coefficient (Wildman–Crippen LogP) is 6.95. The molecule has 2 aromatic heterocycles. The van der Waals surface area contributed by atoms with E-state index in [0.717, 1.165) is 20.5 Å². The molecule has 0 bridgehead atoms. The number of benzene rings is 3. The van der Waals surface area contributed by atoms with E-state index < -0.39 is 5.97 Å². The Kier molecular flexibility index (Phi) is 7.53. The predicted molar refractivity (Wildman–Crippen MR) is 152 cm³/mol. The molecule has 0 unspecified atom stereocenters. The molecule has 0 aliphatic carbocycles. The minimum Gasteiger partial charge on any atom is -0.454 e. The van der Waals surface area contributed by atoms with Crippen molar-refractivity contribution in [2.75, 3.05) is 6.26 Å². The van der Waals surface area contributed by atoms with Crippen LogP contribution < -0.4 is 5.56 Å². The van der Waals surface area contributed by atoms with E-state index in [1.807, 2.05) is 79.1 Å². The number of carbonyl (C=O) groups excluding carboxylic acids is 1. The fourth-order valence-corrected chi connectivity index (χ4v) is 5.05. The van der Waals surface area contributed by atoms with Crippen LogP contribution in [0.3, 0.4) is 0 Å². The second-order valence-corrected chi connectivity index (χ2v) is 10.2. The Labute approximate surface area is 227 Å². The van der Waals surface area contributed by atoms with Crippen LogP contribution in [-0.4, -0.2) is 21.8 Å². The summed E-state index contributed by atoms with van der Waals surface area (Å²) in [5.41, 5.74) is 2.98. The number of rotatable bonds is 7. The van der Waals surface area contributed by atoms with Crippen LogP contribution >= 0.6 is 27.7 Å². The van der Waals surface area contributed by atoms with Gasteiger partial charge >= 0.3 is 5.97 Å². The fraction of sp³-hybridized carbons (Fsp3) is 0.100. The van der Waals surface area contributed by atoms with Crippen molar-refractivity contribution >= 4 is 44.4 Å². The van der Waals surface area contributed by atoms with Crippen molar-refractivity contribution in [3.63, 3.8) is 0 Å². The maximum absolute atomic E-state index is 13.9. The first kappa shape index (κ1) is 25.0. The highest BCUT2D eigenvalue weighted by Crippen LogP contribution is 2.33. The summed E-state index contributed by atoms with van der Waals surface area (Å²) >= 11 is 5.19. The number of nitrogens with zero attached hydrogens (tertiary/aromatic N) is 2. The molecule has 0 radical (unpaired) electrons. The lowest BCUT2D eigenvalue weighted by molar-refractivity contribution is 0.0455. The van der Waals surface area contributed by atoms with Crippen LogP contribution in [0.4, 0.5) is 0 Å². The highest BCUT2D eigenvalue weighted by molar-refractivity contribution is 9.10. The van der Waals surface area contributed by atoms with Crippen molar-refractivity contribution in [2.45, 2.75) is 18.0 Å². The summed E-state index contributed by atoms with van der Waals surface area (Å²) in [6.07, 6.45) is 3.67. The summed E-state index contributed by atoms with van der Waals surface area (Å²) < 4.78 is 8.10. The molecular formula is C30H23BrN2O3S. The first-order valence-corrected chi connectivity index (χ1v) is 13.7. The van der Waals surface area contributed by atoms with Gasteiger partial charge in [-0.1, -0.05) is 64.5 Å². The molecule has 5 nitrogen and oxygen atoms in total. The lowest BCUT2D eigenvalue weighted by atomic mass is 9.96. The van der Waals surface area contributed by atoms with E-state index in [4.69, 9.17) is 4.74 Å². The standard InChI is InChI=1S/C30H23BrN2O3S/c1-37-24-13-10-20(11-14-24)18-33-28(30(35)36-19-23-9-5-6-16-32-23)27(21-7-3-2-4-8-21)26-17-22(31)12-15-25(26)29(33)34/h2-17H,18-19H2,1H3. The van der Waals surface area contributed by atoms with E-state index in [2.05, 4.69) is 20.9 Å². The van der Waals surface area contributed by atoms with Gasteiger partial charge in [-0.25, -0.2) is 4.79 Å². The lowest BCUT2D eigenvalue weighted by Gasteiger charge is -2.20. The molecule has 0 atom stereocenters. The van der Waals surface area contributed by atoms with E-state index in [0.29, 0.717) is 22.0 Å². The van der Waals surface area contributed by atoms with Gasteiger partial charge in [0.05, 0.1) is 12.2 Å². The van der Waals surface area contributed by atoms with E-state index >= 15 is 0 Å². The molecule has 5 aromatic rings. The SMILES string of the molecule is CSc1ccc(Cn2c(C(=O)OCc3ccccn3)c(-c3ccccc3)c3cc(Br)ccc3c2=O)cc1. The second-order valence-electron chi connectivity index (χ2n) is 8.42. The molecule has 0 amide bonds. The zero-order valence-electron chi connectivity index (χ0n) is 20.1. The molecule has 3 aromatic carbocycles. The van der Waals surface area contributed by atoms with Gasteiger partial charge in [0.25, 0.3) is 5.56 Å². The summed E-state index contributed by atoms with van der Waals surface area (Å²) in [6.45, 7) is 0.231. The van der Waals surface area contributed by atoms with Gasteiger partial charge in [0.1, 0.15) is 12.3 Å². The zero-order chi connectivity index (χ0) is 25.8. The smallest absolute Gasteiger partial charge is 0.356 e. The average Bonchev–Trinajstić information content (AvgIpc) is 2.94. The van der Waals surface area contributed by atoms with Crippen LogP contribution in [-0.2, 0) is 17.9 Å². The molecule has 2 heterocycles. The van der Waals surface area contributed by atoms with Crippen LogP contribution in [0.1, 0.15) is 21.7 Å². The van der Waals surface area contributed by atoms with Crippen molar-refractivity contribution in [2.24, 2.45) is 0 Å². The van der Waals surface area contributed by atoms with Gasteiger partial charge in [-0.3, -0.25) is 14.3 Å². The summed E-state index contributed by atoms with van der Waals surface area (Å²) in [7, 11) is 0. The van der Waals surface area contributed by atoms with Gasteiger partial charge in [0.15, 0.2) is 0 Å². The molecule has 0 spiro atoms. The molecule has 0 N–H and O–H groups in total.